The number of benzene rings is 2. The Balaban J connectivity index is 1.64. The van der Waals surface area contributed by atoms with Gasteiger partial charge in [-0.05, 0) is 47.7 Å². The number of carboxylic acid groups (broad SMARTS) is 1. The maximum Gasteiger partial charge on any atom is 0.405 e. The van der Waals surface area contributed by atoms with Crippen molar-refractivity contribution in [2.24, 2.45) is 0 Å². The first-order valence-corrected chi connectivity index (χ1v) is 10.4. The summed E-state index contributed by atoms with van der Waals surface area (Å²) in [4.78, 5) is 26.6. The van der Waals surface area contributed by atoms with E-state index in [1.165, 1.54) is 12.1 Å². The van der Waals surface area contributed by atoms with Gasteiger partial charge in [-0.3, -0.25) is 4.79 Å². The average molecular weight is 424 g/mol. The number of fused-ring (bicyclic) bond motifs is 1. The Bertz CT molecular complexity index is 1000. The lowest BCUT2D eigenvalue weighted by molar-refractivity contribution is -0.147. The third-order valence-electron chi connectivity index (χ3n) is 6.04. The minimum Gasteiger partial charge on any atom is -0.465 e. The van der Waals surface area contributed by atoms with E-state index in [0.29, 0.717) is 13.0 Å². The van der Waals surface area contributed by atoms with Crippen molar-refractivity contribution in [1.29, 1.82) is 0 Å². The molecule has 7 heteroatoms. The molecule has 162 valence electrons. The van der Waals surface area contributed by atoms with Crippen LogP contribution in [0.25, 0.3) is 0 Å². The fourth-order valence-corrected chi connectivity index (χ4v) is 4.48. The van der Waals surface area contributed by atoms with Gasteiger partial charge in [0.05, 0.1) is 18.7 Å². The number of carbonyl (C=O) groups excluding carboxylic acids is 1. The molecule has 0 aliphatic carbocycles. The van der Waals surface area contributed by atoms with Crippen LogP contribution in [0.5, 0.6) is 0 Å². The number of nitrogens with one attached hydrogen (secondary N) is 1. The highest BCUT2D eigenvalue weighted by molar-refractivity contribution is 5.83. The zero-order valence-electron chi connectivity index (χ0n) is 17.3. The highest BCUT2D eigenvalue weighted by Crippen LogP contribution is 2.36. The van der Waals surface area contributed by atoms with Gasteiger partial charge in [0, 0.05) is 13.0 Å². The Labute approximate surface area is 180 Å². The van der Waals surface area contributed by atoms with Gasteiger partial charge in [0.2, 0.25) is 0 Å². The van der Waals surface area contributed by atoms with E-state index in [1.807, 2.05) is 31.2 Å². The Morgan fingerprint density at radius 1 is 1.19 bits per heavy atom. The van der Waals surface area contributed by atoms with Crippen molar-refractivity contribution < 1.29 is 23.8 Å². The summed E-state index contributed by atoms with van der Waals surface area (Å²) >= 11 is 0. The summed E-state index contributed by atoms with van der Waals surface area (Å²) in [7, 11) is 0. The zero-order valence-corrected chi connectivity index (χ0v) is 17.3. The van der Waals surface area contributed by atoms with Crippen LogP contribution in [-0.4, -0.2) is 47.3 Å². The number of nitrogens with zero attached hydrogens (tertiary/aromatic N) is 1. The van der Waals surface area contributed by atoms with Crippen LogP contribution >= 0.6 is 0 Å². The van der Waals surface area contributed by atoms with Crippen LogP contribution in [0.2, 0.25) is 0 Å². The van der Waals surface area contributed by atoms with Crippen molar-refractivity contribution in [1.82, 2.24) is 10.2 Å². The third-order valence-corrected chi connectivity index (χ3v) is 6.04. The normalized spacial score (nSPS) is 24.5. The maximum absolute atomic E-state index is 13.6. The second kappa shape index (κ2) is 8.89. The summed E-state index contributed by atoms with van der Waals surface area (Å²) in [6.07, 6.45) is 0.879. The average Bonchev–Trinajstić information content (AvgIpc) is 2.78. The van der Waals surface area contributed by atoms with Crippen molar-refractivity contribution in [2.75, 3.05) is 13.2 Å². The van der Waals surface area contributed by atoms with Gasteiger partial charge in [-0.1, -0.05) is 42.5 Å². The minimum absolute atomic E-state index is 0.184. The van der Waals surface area contributed by atoms with E-state index < -0.39 is 18.2 Å². The molecule has 6 nitrogen and oxygen atoms in total. The molecule has 1 saturated heterocycles. The van der Waals surface area contributed by atoms with E-state index in [4.69, 9.17) is 9.84 Å². The zero-order chi connectivity index (χ0) is 22.0. The number of amides is 2. The van der Waals surface area contributed by atoms with Crippen molar-refractivity contribution >= 4 is 12.0 Å². The topological polar surface area (TPSA) is 78.9 Å². The quantitative estimate of drug-likeness (QED) is 0.737. The van der Waals surface area contributed by atoms with Gasteiger partial charge in [0.1, 0.15) is 11.9 Å². The van der Waals surface area contributed by atoms with Gasteiger partial charge in [0.25, 0.3) is 5.91 Å². The lowest BCUT2D eigenvalue weighted by Gasteiger charge is -2.41. The number of hydrogen-bond acceptors (Lipinski definition) is 3. The lowest BCUT2D eigenvalue weighted by atomic mass is 9.87. The molecule has 2 aliphatic heterocycles. The van der Waals surface area contributed by atoms with Crippen molar-refractivity contribution in [3.8, 4) is 0 Å². The van der Waals surface area contributed by atoms with Crippen LogP contribution in [0, 0.1) is 5.82 Å². The fourth-order valence-electron chi connectivity index (χ4n) is 4.48. The van der Waals surface area contributed by atoms with E-state index >= 15 is 0 Å². The monoisotopic (exact) mass is 424 g/mol. The highest BCUT2D eigenvalue weighted by atomic mass is 19.1. The lowest BCUT2D eigenvalue weighted by Crippen LogP contribution is -2.51. The summed E-state index contributed by atoms with van der Waals surface area (Å²) in [5.74, 6) is -0.515. The number of hydrogen-bond donors (Lipinski definition) is 2. The summed E-state index contributed by atoms with van der Waals surface area (Å²) in [6.45, 7) is 2.53. The van der Waals surface area contributed by atoms with Crippen molar-refractivity contribution in [3.05, 3.63) is 82.7 Å². The number of halogens is 1. The molecule has 0 radical (unpaired) electrons. The van der Waals surface area contributed by atoms with Crippen LogP contribution in [-0.2, 0) is 16.0 Å². The standard InChI is InChI=1S/C24H25FN2O4/c1-2-15-14-31-21(13-20(15)26-24(29)30)23(28)27-12-11-16-5-3-4-6-19(16)22(27)17-7-9-18(25)10-8-17/h2-10,20-22,26H,11-14H2,1H3,(H,29,30)/t20-,21-,22-/m0/s1. The molecule has 0 spiro atoms. The van der Waals surface area contributed by atoms with Crippen LogP contribution < -0.4 is 5.32 Å². The van der Waals surface area contributed by atoms with Crippen LogP contribution in [0.15, 0.2) is 60.2 Å². The first-order valence-electron chi connectivity index (χ1n) is 10.4. The molecule has 0 bridgehead atoms. The third kappa shape index (κ3) is 4.32. The summed E-state index contributed by atoms with van der Waals surface area (Å²) in [5, 5.41) is 11.7. The van der Waals surface area contributed by atoms with E-state index in [-0.39, 0.29) is 30.8 Å². The Hall–Kier alpha value is -3.19. The van der Waals surface area contributed by atoms with Gasteiger partial charge in [-0.15, -0.1) is 0 Å². The molecular formula is C24H25FN2O4. The number of carbonyl (C=O) groups is 2. The number of allylic oxidation sites excluding steroid dienone is 1. The molecule has 31 heavy (non-hydrogen) atoms. The van der Waals surface area contributed by atoms with E-state index in [9.17, 15) is 14.0 Å². The molecule has 2 amide bonds. The van der Waals surface area contributed by atoms with Gasteiger partial charge in [0.15, 0.2) is 0 Å². The maximum atomic E-state index is 13.6. The van der Waals surface area contributed by atoms with Crippen LogP contribution in [0.3, 0.4) is 0 Å². The molecule has 3 atom stereocenters. The highest BCUT2D eigenvalue weighted by Gasteiger charge is 2.39. The Kier molecular flexibility index (Phi) is 6.04. The van der Waals surface area contributed by atoms with Crippen molar-refractivity contribution in [2.45, 2.75) is 38.0 Å². The van der Waals surface area contributed by atoms with Crippen LogP contribution in [0.1, 0.15) is 36.1 Å². The summed E-state index contributed by atoms with van der Waals surface area (Å²) < 4.78 is 19.4. The SMILES string of the molecule is CC=C1CO[C@H](C(=O)N2CCc3ccccc3[C@@H]2c2ccc(F)cc2)C[C@@H]1NC(=O)O. The Morgan fingerprint density at radius 3 is 2.65 bits per heavy atom. The second-order valence-corrected chi connectivity index (χ2v) is 7.84. The first kappa shape index (κ1) is 21.1. The number of rotatable bonds is 3. The van der Waals surface area contributed by atoms with Crippen molar-refractivity contribution in [3.63, 3.8) is 0 Å². The Morgan fingerprint density at radius 2 is 1.94 bits per heavy atom. The molecule has 2 aromatic carbocycles. The van der Waals surface area contributed by atoms with E-state index in [0.717, 1.165) is 22.3 Å². The van der Waals surface area contributed by atoms with Crippen LogP contribution in [0.4, 0.5) is 9.18 Å². The second-order valence-electron chi connectivity index (χ2n) is 7.84. The first-order chi connectivity index (χ1) is 15.0. The molecule has 0 saturated carbocycles. The molecule has 0 aromatic heterocycles. The van der Waals surface area contributed by atoms with E-state index in [1.54, 1.807) is 17.0 Å². The largest absolute Gasteiger partial charge is 0.465 e. The summed E-state index contributed by atoms with van der Waals surface area (Å²) in [6, 6.07) is 13.4. The van der Waals surface area contributed by atoms with Gasteiger partial charge in [-0.2, -0.15) is 0 Å². The van der Waals surface area contributed by atoms with Gasteiger partial charge < -0.3 is 20.1 Å². The van der Waals surface area contributed by atoms with E-state index in [2.05, 4.69) is 11.4 Å². The predicted octanol–water partition coefficient (Wildman–Crippen LogP) is 3.67. The molecule has 2 aliphatic rings. The molecule has 2 aromatic rings. The molecule has 1 fully saturated rings. The molecule has 4 rings (SSSR count). The van der Waals surface area contributed by atoms with Gasteiger partial charge >= 0.3 is 6.09 Å². The molecule has 0 unspecified atom stereocenters. The molecule has 2 heterocycles. The molecule has 2 N–H and O–H groups in total. The number of ether oxygens (including phenoxy) is 1. The predicted molar refractivity (Wildman–Crippen MR) is 113 cm³/mol. The fraction of sp³-hybridized carbons (Fsp3) is 0.333. The molecular weight excluding hydrogens is 399 g/mol. The minimum atomic E-state index is -1.13. The summed E-state index contributed by atoms with van der Waals surface area (Å²) in [5.41, 5.74) is 3.81. The van der Waals surface area contributed by atoms with Gasteiger partial charge in [-0.25, -0.2) is 9.18 Å². The smallest absolute Gasteiger partial charge is 0.405 e.